The lowest BCUT2D eigenvalue weighted by Gasteiger charge is -2.24. The zero-order chi connectivity index (χ0) is 25.4. The van der Waals surface area contributed by atoms with Gasteiger partial charge in [-0.3, -0.25) is 0 Å². The summed E-state index contributed by atoms with van der Waals surface area (Å²) in [5.41, 5.74) is 0.379. The summed E-state index contributed by atoms with van der Waals surface area (Å²) < 4.78 is 27.7. The molecule has 0 atom stereocenters. The van der Waals surface area contributed by atoms with Crippen molar-refractivity contribution in [3.05, 3.63) is 29.6 Å². The average molecular weight is 491 g/mol. The van der Waals surface area contributed by atoms with E-state index < -0.39 is 17.3 Å². The van der Waals surface area contributed by atoms with Gasteiger partial charge in [0.2, 0.25) is 11.9 Å². The van der Waals surface area contributed by atoms with Gasteiger partial charge in [0.1, 0.15) is 22.9 Å². The van der Waals surface area contributed by atoms with Gasteiger partial charge in [0, 0.05) is 6.04 Å². The number of anilines is 2. The summed E-state index contributed by atoms with van der Waals surface area (Å²) in [5, 5.41) is 15.5. The molecule has 9 heteroatoms. The molecule has 0 saturated heterocycles. The maximum atomic E-state index is 14.0. The minimum Gasteiger partial charge on any atom is -0.390 e. The van der Waals surface area contributed by atoms with Crippen LogP contribution in [0.3, 0.4) is 0 Å². The first-order valence-electron chi connectivity index (χ1n) is 12.9. The van der Waals surface area contributed by atoms with E-state index >= 15 is 0 Å². The number of fused-ring (bicyclic) bond motifs is 1. The van der Waals surface area contributed by atoms with Gasteiger partial charge in [0.25, 0.3) is 0 Å². The highest BCUT2D eigenvalue weighted by Crippen LogP contribution is 2.33. The van der Waals surface area contributed by atoms with E-state index in [0.717, 1.165) is 12.8 Å². The zero-order valence-corrected chi connectivity index (χ0v) is 21.4. The normalized spacial score (nSPS) is 18.8. The third kappa shape index (κ3) is 7.98. The Labute approximate surface area is 206 Å². The summed E-state index contributed by atoms with van der Waals surface area (Å²) >= 11 is 0. The molecule has 2 aromatic heterocycles. The number of nitrogens with one attached hydrogen (secondary N) is 3. The van der Waals surface area contributed by atoms with Crippen LogP contribution >= 0.6 is 0 Å². The summed E-state index contributed by atoms with van der Waals surface area (Å²) in [5.74, 6) is 0.00213. The van der Waals surface area contributed by atoms with Crippen LogP contribution in [0.4, 0.5) is 20.7 Å². The first kappa shape index (κ1) is 27.0. The van der Waals surface area contributed by atoms with Crippen molar-refractivity contribution in [1.82, 2.24) is 19.9 Å². The molecule has 2 aliphatic carbocycles. The molecule has 0 amide bonds. The zero-order valence-electron chi connectivity index (χ0n) is 21.4. The molecular formula is C26H40F2N6O. The van der Waals surface area contributed by atoms with Gasteiger partial charge in [-0.15, -0.1) is 0 Å². The number of hydrogen-bond donors (Lipinski definition) is 4. The Balaban J connectivity index is 0.000000320. The fraction of sp³-hybridized carbons (Fsp3) is 0.654. The Hall–Kier alpha value is -2.55. The van der Waals surface area contributed by atoms with Crippen LogP contribution in [0, 0.1) is 5.92 Å². The van der Waals surface area contributed by atoms with Crippen LogP contribution in [-0.2, 0) is 0 Å². The van der Waals surface area contributed by atoms with Crippen molar-refractivity contribution in [2.24, 2.45) is 5.92 Å². The highest BCUT2D eigenvalue weighted by atomic mass is 19.1. The fourth-order valence-corrected chi connectivity index (χ4v) is 4.71. The molecular weight excluding hydrogens is 450 g/mol. The number of aromatic amines is 1. The second-order valence-electron chi connectivity index (χ2n) is 10.1. The van der Waals surface area contributed by atoms with Crippen molar-refractivity contribution in [2.45, 2.75) is 104 Å². The van der Waals surface area contributed by atoms with Crippen molar-refractivity contribution in [1.29, 1.82) is 0 Å². The van der Waals surface area contributed by atoms with Crippen molar-refractivity contribution in [3.8, 4) is 0 Å². The average Bonchev–Trinajstić information content (AvgIpc) is 3.48. The third-order valence-electron chi connectivity index (χ3n) is 6.74. The predicted octanol–water partition coefficient (Wildman–Crippen LogP) is 6.92. The minimum absolute atomic E-state index is 0.218. The predicted molar refractivity (Wildman–Crippen MR) is 137 cm³/mol. The second kappa shape index (κ2) is 12.4. The molecule has 0 unspecified atom stereocenters. The molecule has 0 radical (unpaired) electrons. The number of imidazole rings is 1. The number of hydrogen-bond acceptors (Lipinski definition) is 6. The molecule has 2 aliphatic rings. The summed E-state index contributed by atoms with van der Waals surface area (Å²) in [6.45, 7) is 6.81. The number of aromatic nitrogens is 4. The molecule has 2 heterocycles. The van der Waals surface area contributed by atoms with Crippen LogP contribution in [0.15, 0.2) is 29.6 Å². The number of nitrogens with zero attached hydrogens (tertiary/aromatic N) is 3. The van der Waals surface area contributed by atoms with E-state index in [0.29, 0.717) is 35.5 Å². The lowest BCUT2D eigenvalue weighted by Crippen LogP contribution is -2.28. The van der Waals surface area contributed by atoms with Crippen molar-refractivity contribution >= 4 is 23.1 Å². The van der Waals surface area contributed by atoms with E-state index in [4.69, 9.17) is 0 Å². The highest BCUT2D eigenvalue weighted by Gasteiger charge is 2.28. The number of allylic oxidation sites excluding steroid dienone is 3. The van der Waals surface area contributed by atoms with E-state index in [2.05, 4.69) is 30.6 Å². The van der Waals surface area contributed by atoms with Crippen molar-refractivity contribution in [2.75, 3.05) is 10.6 Å². The molecule has 4 rings (SSSR count). The van der Waals surface area contributed by atoms with Crippen LogP contribution < -0.4 is 10.6 Å². The van der Waals surface area contributed by atoms with E-state index in [1.54, 1.807) is 13.1 Å². The van der Waals surface area contributed by atoms with Gasteiger partial charge in [-0.2, -0.15) is 9.97 Å². The Morgan fingerprint density at radius 1 is 1.11 bits per heavy atom. The van der Waals surface area contributed by atoms with Crippen LogP contribution in [0.25, 0.3) is 11.2 Å². The smallest absolute Gasteiger partial charge is 0.225 e. The monoisotopic (exact) mass is 490 g/mol. The maximum absolute atomic E-state index is 14.0. The van der Waals surface area contributed by atoms with Gasteiger partial charge in [-0.05, 0) is 64.9 Å². The molecule has 2 saturated carbocycles. The molecule has 0 aliphatic heterocycles. The van der Waals surface area contributed by atoms with E-state index in [9.17, 15) is 13.9 Å². The molecule has 2 aromatic rings. The fourth-order valence-electron chi connectivity index (χ4n) is 4.71. The summed E-state index contributed by atoms with van der Waals surface area (Å²) in [6.07, 6.45) is 14.4. The number of halogens is 2. The van der Waals surface area contributed by atoms with Gasteiger partial charge in [-0.1, -0.05) is 39.0 Å². The summed E-state index contributed by atoms with van der Waals surface area (Å²) in [7, 11) is 0. The quantitative estimate of drug-likeness (QED) is 0.314. The Morgan fingerprint density at radius 3 is 2.34 bits per heavy atom. The first-order chi connectivity index (χ1) is 16.7. The highest BCUT2D eigenvalue weighted by molar-refractivity contribution is 5.74. The Bertz CT molecular complexity index is 1010. The molecule has 4 N–H and O–H groups in total. The van der Waals surface area contributed by atoms with Gasteiger partial charge < -0.3 is 20.7 Å². The number of rotatable bonds is 7. The van der Waals surface area contributed by atoms with Gasteiger partial charge in [-0.25, -0.2) is 13.8 Å². The standard InChI is InChI=1S/C18H24F2N6.C8H16O/c1-3-7-13(20)15(11(2)19)24-18-23-14-10-21-17(25-16(14)26-18)22-12-8-5-4-6-9-12;1-8(2,9)7-5-3-4-6-7/h7,10,12H,3-6,8-9H2,1-2H3,(H3,21,22,23,24,25,26);7,9H,3-6H2,1-2H3/b13-7+,15-11-;. The lowest BCUT2D eigenvalue weighted by atomic mass is 9.90. The van der Waals surface area contributed by atoms with Gasteiger partial charge in [0.05, 0.1) is 11.8 Å². The summed E-state index contributed by atoms with van der Waals surface area (Å²) in [4.78, 5) is 15.9. The van der Waals surface area contributed by atoms with Crippen LogP contribution in [-0.4, -0.2) is 36.7 Å². The van der Waals surface area contributed by atoms with Crippen molar-refractivity contribution in [3.63, 3.8) is 0 Å². The Morgan fingerprint density at radius 2 is 1.77 bits per heavy atom. The maximum Gasteiger partial charge on any atom is 0.225 e. The molecule has 0 aromatic carbocycles. The molecule has 194 valence electrons. The largest absolute Gasteiger partial charge is 0.390 e. The molecule has 35 heavy (non-hydrogen) atoms. The lowest BCUT2D eigenvalue weighted by molar-refractivity contribution is 0.0201. The molecule has 0 bridgehead atoms. The van der Waals surface area contributed by atoms with Crippen LogP contribution in [0.1, 0.15) is 91.9 Å². The SMILES string of the molecule is CC(C)(O)C1CCCC1.CC/C=C(F)\C(Nc1nc2nc(NC3CCCCC3)ncc2[nH]1)=C(/C)F. The number of aliphatic hydroxyl groups is 1. The summed E-state index contributed by atoms with van der Waals surface area (Å²) in [6, 6.07) is 0.384. The first-order valence-corrected chi connectivity index (χ1v) is 12.9. The second-order valence-corrected chi connectivity index (χ2v) is 10.1. The van der Waals surface area contributed by atoms with E-state index in [1.807, 2.05) is 13.8 Å². The number of H-pyrrole nitrogens is 1. The minimum atomic E-state index is -0.654. The van der Waals surface area contributed by atoms with Gasteiger partial charge >= 0.3 is 0 Å². The van der Waals surface area contributed by atoms with Crippen molar-refractivity contribution < 1.29 is 13.9 Å². The molecule has 2 fully saturated rings. The molecule has 7 nitrogen and oxygen atoms in total. The molecule has 0 spiro atoms. The van der Waals surface area contributed by atoms with Crippen LogP contribution in [0.2, 0.25) is 0 Å². The Kier molecular flexibility index (Phi) is 9.60. The van der Waals surface area contributed by atoms with E-state index in [1.165, 1.54) is 57.9 Å². The third-order valence-corrected chi connectivity index (χ3v) is 6.74. The van der Waals surface area contributed by atoms with Crippen LogP contribution in [0.5, 0.6) is 0 Å². The van der Waals surface area contributed by atoms with Gasteiger partial charge in [0.15, 0.2) is 5.65 Å². The van der Waals surface area contributed by atoms with E-state index in [-0.39, 0.29) is 11.6 Å². The topological polar surface area (TPSA) is 98.8 Å².